The minimum atomic E-state index is -0.105. The number of furan rings is 2. The Balaban J connectivity index is 1.44. The van der Waals surface area contributed by atoms with Crippen LogP contribution in [0.4, 0.5) is 5.69 Å². The van der Waals surface area contributed by atoms with Gasteiger partial charge in [0.25, 0.3) is 0 Å². The van der Waals surface area contributed by atoms with Gasteiger partial charge >= 0.3 is 0 Å². The van der Waals surface area contributed by atoms with Crippen molar-refractivity contribution >= 4 is 23.4 Å². The molecule has 0 spiro atoms. The second kappa shape index (κ2) is 8.49. The zero-order valence-corrected chi connectivity index (χ0v) is 15.4. The van der Waals surface area contributed by atoms with E-state index in [4.69, 9.17) is 8.83 Å². The molecule has 1 N–H and O–H groups in total. The normalized spacial score (nSPS) is 10.7. The first-order chi connectivity index (χ1) is 13.8. The molecule has 0 unspecified atom stereocenters. The number of hydrogen-bond donors (Lipinski definition) is 1. The van der Waals surface area contributed by atoms with E-state index in [1.54, 1.807) is 61.3 Å². The molecule has 0 saturated carbocycles. The van der Waals surface area contributed by atoms with Crippen molar-refractivity contribution in [3.63, 3.8) is 0 Å². The van der Waals surface area contributed by atoms with Crippen LogP contribution < -0.4 is 5.32 Å². The molecule has 0 radical (unpaired) electrons. The number of amides is 1. The number of hydrogen-bond acceptors (Lipinski definition) is 8. The van der Waals surface area contributed by atoms with Gasteiger partial charge in [-0.2, -0.15) is 0 Å². The van der Waals surface area contributed by atoms with Crippen LogP contribution in [0.25, 0.3) is 22.9 Å². The number of carbonyl (C=O) groups is 1. The Morgan fingerprint density at radius 1 is 1.00 bits per heavy atom. The molecule has 8 nitrogen and oxygen atoms in total. The molecule has 0 aliphatic rings. The second-order valence-corrected chi connectivity index (χ2v) is 6.70. The summed E-state index contributed by atoms with van der Waals surface area (Å²) in [5.41, 5.74) is 1.70. The highest BCUT2D eigenvalue weighted by atomic mass is 32.2. The molecular weight excluding hydrogens is 378 g/mol. The number of nitrogens with one attached hydrogen (secondary N) is 1. The largest absolute Gasteiger partial charge is 0.463 e. The van der Waals surface area contributed by atoms with Crippen LogP contribution in [0, 0.1) is 0 Å². The van der Waals surface area contributed by atoms with E-state index >= 15 is 0 Å². The van der Waals surface area contributed by atoms with E-state index in [1.165, 1.54) is 11.8 Å². The molecule has 4 rings (SSSR count). The van der Waals surface area contributed by atoms with E-state index < -0.39 is 0 Å². The molecule has 4 aromatic heterocycles. The molecule has 0 atom stereocenters. The number of thioether (sulfide) groups is 1. The average molecular weight is 393 g/mol. The fraction of sp³-hybridized carbons (Fsp3) is 0.105. The summed E-state index contributed by atoms with van der Waals surface area (Å²) < 4.78 is 10.9. The highest BCUT2D eigenvalue weighted by Crippen LogP contribution is 2.30. The molecule has 28 heavy (non-hydrogen) atoms. The Bertz CT molecular complexity index is 1040. The van der Waals surface area contributed by atoms with Gasteiger partial charge < -0.3 is 14.2 Å². The van der Waals surface area contributed by atoms with Crippen molar-refractivity contribution in [2.24, 2.45) is 0 Å². The van der Waals surface area contributed by atoms with Gasteiger partial charge in [-0.15, -0.1) is 10.2 Å². The minimum absolute atomic E-state index is 0.105. The molecule has 4 aromatic rings. The Hall–Kier alpha value is -3.46. The molecule has 0 aliphatic carbocycles. The highest BCUT2D eigenvalue weighted by Gasteiger charge is 2.18. The van der Waals surface area contributed by atoms with Crippen molar-refractivity contribution in [3.05, 3.63) is 61.3 Å². The van der Waals surface area contributed by atoms with Crippen LogP contribution in [0.1, 0.15) is 6.42 Å². The van der Waals surface area contributed by atoms with E-state index in [9.17, 15) is 4.79 Å². The summed E-state index contributed by atoms with van der Waals surface area (Å²) in [6.45, 7) is 0. The van der Waals surface area contributed by atoms with Crippen LogP contribution in [-0.4, -0.2) is 31.8 Å². The topological polar surface area (TPSA) is 107 Å². The van der Waals surface area contributed by atoms with E-state index in [-0.39, 0.29) is 5.91 Å². The van der Waals surface area contributed by atoms with E-state index in [0.29, 0.717) is 45.9 Å². The maximum absolute atomic E-state index is 12.0. The first kappa shape index (κ1) is 17.9. The summed E-state index contributed by atoms with van der Waals surface area (Å²) in [5, 5.41) is 11.6. The van der Waals surface area contributed by atoms with Gasteiger partial charge in [-0.05, 0) is 36.4 Å². The summed E-state index contributed by atoms with van der Waals surface area (Å²) >= 11 is 1.34. The Morgan fingerprint density at radius 3 is 2.46 bits per heavy atom. The summed E-state index contributed by atoms with van der Waals surface area (Å²) in [5.74, 6) is 1.52. The SMILES string of the molecule is O=C(CCSc1nnc(-c2ccco2)c(-c2ccco2)n1)Nc1cccnc1. The first-order valence-corrected chi connectivity index (χ1v) is 9.43. The van der Waals surface area contributed by atoms with Gasteiger partial charge in [-0.25, -0.2) is 4.98 Å². The Morgan fingerprint density at radius 2 is 1.79 bits per heavy atom. The number of nitrogens with zero attached hydrogens (tertiary/aromatic N) is 4. The van der Waals surface area contributed by atoms with Gasteiger partial charge in [0.15, 0.2) is 17.2 Å². The number of rotatable bonds is 7. The predicted molar refractivity (Wildman–Crippen MR) is 103 cm³/mol. The molecule has 140 valence electrons. The third-order valence-electron chi connectivity index (χ3n) is 3.68. The molecule has 4 heterocycles. The number of anilines is 1. The molecule has 0 saturated heterocycles. The van der Waals surface area contributed by atoms with Crippen molar-refractivity contribution in [2.75, 3.05) is 11.1 Å². The zero-order valence-electron chi connectivity index (χ0n) is 14.6. The Labute approximate surface area is 164 Å². The predicted octanol–water partition coefficient (Wildman–Crippen LogP) is 3.91. The van der Waals surface area contributed by atoms with Crippen molar-refractivity contribution in [2.45, 2.75) is 11.6 Å². The van der Waals surface area contributed by atoms with Crippen molar-refractivity contribution in [1.29, 1.82) is 0 Å². The lowest BCUT2D eigenvalue weighted by Gasteiger charge is -2.06. The smallest absolute Gasteiger partial charge is 0.225 e. The number of pyridine rings is 1. The zero-order chi connectivity index (χ0) is 19.2. The molecule has 9 heteroatoms. The standard InChI is InChI=1S/C19H15N5O3S/c25-16(21-13-4-1-8-20-12-13)7-11-28-19-22-17(14-5-2-9-26-14)18(23-24-19)15-6-3-10-27-15/h1-6,8-10,12H,7,11H2,(H,21,25). The molecule has 0 fully saturated rings. The van der Waals surface area contributed by atoms with E-state index in [0.717, 1.165) is 0 Å². The third kappa shape index (κ3) is 4.26. The van der Waals surface area contributed by atoms with Crippen LogP contribution in [-0.2, 0) is 4.79 Å². The van der Waals surface area contributed by atoms with Gasteiger partial charge in [-0.1, -0.05) is 11.8 Å². The third-order valence-corrected chi connectivity index (χ3v) is 4.52. The van der Waals surface area contributed by atoms with Gasteiger partial charge in [0, 0.05) is 18.4 Å². The summed E-state index contributed by atoms with van der Waals surface area (Å²) in [6, 6.07) is 10.7. The fourth-order valence-electron chi connectivity index (χ4n) is 2.43. The Kier molecular flexibility index (Phi) is 5.43. The lowest BCUT2D eigenvalue weighted by molar-refractivity contribution is -0.115. The average Bonchev–Trinajstić information content (AvgIpc) is 3.43. The van der Waals surface area contributed by atoms with Gasteiger partial charge in [0.2, 0.25) is 11.1 Å². The molecule has 1 amide bonds. The van der Waals surface area contributed by atoms with E-state index in [2.05, 4.69) is 25.5 Å². The summed E-state index contributed by atoms with van der Waals surface area (Å²) in [7, 11) is 0. The van der Waals surface area contributed by atoms with Gasteiger partial charge in [0.1, 0.15) is 5.69 Å². The van der Waals surface area contributed by atoms with Gasteiger partial charge in [-0.3, -0.25) is 9.78 Å². The quantitative estimate of drug-likeness (QED) is 0.471. The molecule has 0 aliphatic heterocycles. The van der Waals surface area contributed by atoms with Crippen LogP contribution in [0.15, 0.2) is 75.3 Å². The van der Waals surface area contributed by atoms with Crippen LogP contribution in [0.5, 0.6) is 0 Å². The van der Waals surface area contributed by atoms with Crippen LogP contribution in [0.3, 0.4) is 0 Å². The highest BCUT2D eigenvalue weighted by molar-refractivity contribution is 7.99. The van der Waals surface area contributed by atoms with Crippen molar-refractivity contribution in [1.82, 2.24) is 20.2 Å². The number of carbonyl (C=O) groups excluding carboxylic acids is 1. The lowest BCUT2D eigenvalue weighted by atomic mass is 10.2. The minimum Gasteiger partial charge on any atom is -0.463 e. The molecule has 0 aromatic carbocycles. The monoisotopic (exact) mass is 393 g/mol. The van der Waals surface area contributed by atoms with Crippen LogP contribution >= 0.6 is 11.8 Å². The van der Waals surface area contributed by atoms with Crippen molar-refractivity contribution < 1.29 is 13.6 Å². The van der Waals surface area contributed by atoms with E-state index in [1.807, 2.05) is 0 Å². The number of aromatic nitrogens is 4. The molecular formula is C19H15N5O3S. The second-order valence-electron chi connectivity index (χ2n) is 5.63. The van der Waals surface area contributed by atoms with Crippen molar-refractivity contribution in [3.8, 4) is 22.9 Å². The maximum atomic E-state index is 12.0. The fourth-order valence-corrected chi connectivity index (χ4v) is 3.16. The van der Waals surface area contributed by atoms with Crippen LogP contribution in [0.2, 0.25) is 0 Å². The lowest BCUT2D eigenvalue weighted by Crippen LogP contribution is -2.12. The molecule has 0 bridgehead atoms. The maximum Gasteiger partial charge on any atom is 0.225 e. The summed E-state index contributed by atoms with van der Waals surface area (Å²) in [4.78, 5) is 20.5. The summed E-state index contributed by atoms with van der Waals surface area (Å²) in [6.07, 6.45) is 6.68. The first-order valence-electron chi connectivity index (χ1n) is 8.45. The van der Waals surface area contributed by atoms with Gasteiger partial charge in [0.05, 0.1) is 24.4 Å².